The molecule has 0 saturated carbocycles. The van der Waals surface area contributed by atoms with Crippen molar-refractivity contribution >= 4 is 35.3 Å². The van der Waals surface area contributed by atoms with Crippen LogP contribution in [-0.4, -0.2) is 39.4 Å². The Morgan fingerprint density at radius 2 is 1.61 bits per heavy atom. The van der Waals surface area contributed by atoms with Crippen LogP contribution in [0, 0.1) is 0 Å². The van der Waals surface area contributed by atoms with Gasteiger partial charge in [-0.3, -0.25) is 0 Å². The molecule has 0 aromatic heterocycles. The topological polar surface area (TPSA) is 36.9 Å². The third kappa shape index (κ3) is 5.43. The monoisotopic (exact) mass is 540 g/mol. The minimum Gasteiger partial charge on any atom is -0.493 e. The molecule has 3 aromatic rings. The normalized spacial score (nSPS) is 16.5. The van der Waals surface area contributed by atoms with Crippen LogP contribution >= 0.6 is 35.3 Å². The first-order valence-corrected chi connectivity index (χ1v) is 15.2. The number of hydrogen-bond acceptors (Lipinski definition) is 7. The van der Waals surface area contributed by atoms with Crippen molar-refractivity contribution in [2.45, 2.75) is 34.0 Å². The van der Waals surface area contributed by atoms with Gasteiger partial charge in [0.1, 0.15) is 5.75 Å². The lowest BCUT2D eigenvalue weighted by Gasteiger charge is -2.30. The van der Waals surface area contributed by atoms with Gasteiger partial charge in [0.15, 0.2) is 11.5 Å². The molecular weight excluding hydrogens is 509 g/mol. The maximum atomic E-state index is 6.14. The van der Waals surface area contributed by atoms with Gasteiger partial charge in [-0.15, -0.1) is 35.3 Å². The summed E-state index contributed by atoms with van der Waals surface area (Å²) in [5.74, 6) is 5.40. The molecule has 0 aliphatic carbocycles. The predicted molar refractivity (Wildman–Crippen MR) is 153 cm³/mol. The third-order valence-electron chi connectivity index (χ3n) is 6.46. The van der Waals surface area contributed by atoms with Gasteiger partial charge in [-0.2, -0.15) is 0 Å². The van der Waals surface area contributed by atoms with Gasteiger partial charge in [-0.25, -0.2) is 0 Å². The van der Waals surface area contributed by atoms with Gasteiger partial charge in [-0.05, 0) is 83.4 Å². The fraction of sp³-hybridized carbons (Fsp3) is 0.379. The van der Waals surface area contributed by atoms with E-state index in [9.17, 15) is 0 Å². The summed E-state index contributed by atoms with van der Waals surface area (Å²) in [5.41, 5.74) is 5.14. The molecular formula is C29H32O4S3. The van der Waals surface area contributed by atoms with Gasteiger partial charge >= 0.3 is 0 Å². The summed E-state index contributed by atoms with van der Waals surface area (Å²) in [6.07, 6.45) is 3.36. The molecule has 2 heterocycles. The molecule has 1 saturated heterocycles. The van der Waals surface area contributed by atoms with E-state index in [1.165, 1.54) is 39.5 Å². The lowest BCUT2D eigenvalue weighted by molar-refractivity contribution is 0.288. The van der Waals surface area contributed by atoms with E-state index < -0.39 is 0 Å². The second-order valence-electron chi connectivity index (χ2n) is 8.74. The standard InChI is InChI=1S/C29H32O4S3/c1-30-25-16-20(17-26(31-2)27(25)32-3)28(36-21-10-5-4-6-11-21)22-15-19-9-7-12-33-24(19)18-23(22)29-34-13-8-14-35-29/h4-6,10-11,15-18,28-29H,7-9,12-14H2,1-3H3. The van der Waals surface area contributed by atoms with Crippen molar-refractivity contribution in [2.24, 2.45) is 0 Å². The van der Waals surface area contributed by atoms with Crippen LogP contribution in [0.2, 0.25) is 0 Å². The summed E-state index contributed by atoms with van der Waals surface area (Å²) in [4.78, 5) is 1.22. The molecule has 2 aliphatic heterocycles. The quantitative estimate of drug-likeness (QED) is 0.270. The first-order chi connectivity index (χ1) is 17.7. The van der Waals surface area contributed by atoms with E-state index in [2.05, 4.69) is 78.1 Å². The van der Waals surface area contributed by atoms with Gasteiger partial charge in [0.05, 0.1) is 37.8 Å². The second-order valence-corrected chi connectivity index (χ2v) is 12.6. The minimum atomic E-state index is 0.0476. The van der Waals surface area contributed by atoms with Crippen LogP contribution in [0.15, 0.2) is 59.5 Å². The van der Waals surface area contributed by atoms with Gasteiger partial charge in [0.2, 0.25) is 5.75 Å². The van der Waals surface area contributed by atoms with Crippen LogP contribution in [0.4, 0.5) is 0 Å². The Kier molecular flexibility index (Phi) is 8.50. The lowest BCUT2D eigenvalue weighted by Crippen LogP contribution is -2.13. The maximum absolute atomic E-state index is 6.14. The van der Waals surface area contributed by atoms with E-state index in [-0.39, 0.29) is 5.25 Å². The molecule has 7 heteroatoms. The molecule has 1 fully saturated rings. The lowest BCUT2D eigenvalue weighted by atomic mass is 9.94. The maximum Gasteiger partial charge on any atom is 0.203 e. The Labute approximate surface area is 226 Å². The van der Waals surface area contributed by atoms with Crippen molar-refractivity contribution in [3.8, 4) is 23.0 Å². The van der Waals surface area contributed by atoms with Crippen LogP contribution < -0.4 is 18.9 Å². The highest BCUT2D eigenvalue weighted by Crippen LogP contribution is 2.53. The zero-order valence-corrected chi connectivity index (χ0v) is 23.4. The van der Waals surface area contributed by atoms with E-state index in [1.54, 1.807) is 21.3 Å². The van der Waals surface area contributed by atoms with Crippen LogP contribution in [0.25, 0.3) is 0 Å². The van der Waals surface area contributed by atoms with Crippen LogP contribution in [0.3, 0.4) is 0 Å². The fourth-order valence-corrected chi connectivity index (χ4v) is 8.88. The Balaban J connectivity index is 1.69. The summed E-state index contributed by atoms with van der Waals surface area (Å²) in [6, 6.07) is 19.6. The zero-order chi connectivity index (χ0) is 24.9. The average Bonchev–Trinajstić information content (AvgIpc) is 2.95. The van der Waals surface area contributed by atoms with E-state index in [4.69, 9.17) is 18.9 Å². The summed E-state index contributed by atoms with van der Waals surface area (Å²) >= 11 is 5.96. The predicted octanol–water partition coefficient (Wildman–Crippen LogP) is 7.79. The molecule has 4 nitrogen and oxygen atoms in total. The summed E-state index contributed by atoms with van der Waals surface area (Å²) in [7, 11) is 5.00. The Hall–Kier alpha value is -2.09. The number of hydrogen-bond donors (Lipinski definition) is 0. The van der Waals surface area contributed by atoms with Gasteiger partial charge < -0.3 is 18.9 Å². The molecule has 3 aromatic carbocycles. The molecule has 2 aliphatic rings. The number of rotatable bonds is 8. The molecule has 0 amide bonds. The van der Waals surface area contributed by atoms with Crippen molar-refractivity contribution in [1.29, 1.82) is 0 Å². The van der Waals surface area contributed by atoms with E-state index in [0.717, 1.165) is 30.8 Å². The largest absolute Gasteiger partial charge is 0.493 e. The first kappa shape index (κ1) is 25.6. The Morgan fingerprint density at radius 1 is 0.889 bits per heavy atom. The molecule has 1 unspecified atom stereocenters. The summed E-state index contributed by atoms with van der Waals surface area (Å²) < 4.78 is 23.7. The average molecular weight is 541 g/mol. The number of fused-ring (bicyclic) bond motifs is 1. The fourth-order valence-electron chi connectivity index (χ4n) is 4.73. The first-order valence-electron chi connectivity index (χ1n) is 12.3. The van der Waals surface area contributed by atoms with Crippen molar-refractivity contribution in [1.82, 2.24) is 0 Å². The van der Waals surface area contributed by atoms with Crippen molar-refractivity contribution < 1.29 is 18.9 Å². The van der Waals surface area contributed by atoms with Gasteiger partial charge in [-0.1, -0.05) is 24.3 Å². The molecule has 0 bridgehead atoms. The number of benzene rings is 3. The number of thioether (sulfide) groups is 3. The molecule has 190 valence electrons. The third-order valence-corrected chi connectivity index (χ3v) is 10.7. The number of ether oxygens (including phenoxy) is 4. The molecule has 5 rings (SSSR count). The van der Waals surface area contributed by atoms with Crippen LogP contribution in [-0.2, 0) is 6.42 Å². The summed E-state index contributed by atoms with van der Waals surface area (Å²) in [6.45, 7) is 0.797. The highest BCUT2D eigenvalue weighted by molar-refractivity contribution is 8.16. The van der Waals surface area contributed by atoms with Crippen molar-refractivity contribution in [3.63, 3.8) is 0 Å². The molecule has 36 heavy (non-hydrogen) atoms. The number of methoxy groups -OCH3 is 3. The highest BCUT2D eigenvalue weighted by Gasteiger charge is 2.29. The smallest absolute Gasteiger partial charge is 0.203 e. The molecule has 0 radical (unpaired) electrons. The zero-order valence-electron chi connectivity index (χ0n) is 21.0. The number of aryl methyl sites for hydroxylation is 1. The minimum absolute atomic E-state index is 0.0476. The highest BCUT2D eigenvalue weighted by atomic mass is 32.2. The Morgan fingerprint density at radius 3 is 2.28 bits per heavy atom. The summed E-state index contributed by atoms with van der Waals surface area (Å²) in [5, 5.41) is 0.0476. The van der Waals surface area contributed by atoms with Gasteiger partial charge in [0.25, 0.3) is 0 Å². The van der Waals surface area contributed by atoms with Crippen molar-refractivity contribution in [3.05, 3.63) is 76.9 Å². The molecule has 0 spiro atoms. The van der Waals surface area contributed by atoms with E-state index in [0.29, 0.717) is 21.8 Å². The SMILES string of the molecule is COc1cc(C(Sc2ccccc2)c2cc3c(cc2C2SCCCS2)OCCC3)cc(OC)c1OC. The van der Waals surface area contributed by atoms with E-state index in [1.807, 2.05) is 11.8 Å². The van der Waals surface area contributed by atoms with Crippen molar-refractivity contribution in [2.75, 3.05) is 39.4 Å². The molecule has 0 N–H and O–H groups in total. The van der Waals surface area contributed by atoms with Gasteiger partial charge in [0, 0.05) is 4.90 Å². The molecule has 1 atom stereocenters. The second kappa shape index (κ2) is 12.0. The van der Waals surface area contributed by atoms with Crippen LogP contribution in [0.5, 0.6) is 23.0 Å². The van der Waals surface area contributed by atoms with E-state index >= 15 is 0 Å². The van der Waals surface area contributed by atoms with Crippen LogP contribution in [0.1, 0.15) is 44.9 Å². The Bertz CT molecular complexity index is 1150.